The van der Waals surface area contributed by atoms with Crippen LogP contribution in [0.5, 0.6) is 0 Å². The third-order valence-electron chi connectivity index (χ3n) is 4.47. The molecule has 3 aliphatic rings. The zero-order valence-corrected chi connectivity index (χ0v) is 15.1. The Hall–Kier alpha value is -2.02. The van der Waals surface area contributed by atoms with E-state index in [4.69, 9.17) is 0 Å². The van der Waals surface area contributed by atoms with Gasteiger partial charge in [-0.1, -0.05) is 35.0 Å². The number of halogens is 1. The maximum Gasteiger partial charge on any atom is 0.331 e. The number of nitrogens with zero attached hydrogens (tertiary/aromatic N) is 3. The van der Waals surface area contributed by atoms with Crippen LogP contribution in [-0.2, 0) is 0 Å². The number of urea groups is 1. The van der Waals surface area contributed by atoms with Gasteiger partial charge in [0.05, 0.1) is 0 Å². The zero-order valence-electron chi connectivity index (χ0n) is 13.6. The molecule has 1 aromatic carbocycles. The molecule has 0 bridgehead atoms. The van der Waals surface area contributed by atoms with Crippen LogP contribution in [0.15, 0.2) is 45.2 Å². The molecule has 1 atom stereocenters. The number of carbonyl (C=O) groups excluding carboxylic acids is 1. The lowest BCUT2D eigenvalue weighted by molar-refractivity contribution is 0.180. The van der Waals surface area contributed by atoms with Gasteiger partial charge in [-0.3, -0.25) is 14.8 Å². The zero-order chi connectivity index (χ0) is 16.7. The second-order valence-corrected chi connectivity index (χ2v) is 7.06. The Balaban J connectivity index is 1.69. The Morgan fingerprint density at radius 3 is 2.83 bits per heavy atom. The third kappa shape index (κ3) is 2.47. The minimum Gasteiger partial charge on any atom is -0.356 e. The highest BCUT2D eigenvalue weighted by atomic mass is 79.9. The number of rotatable bonds is 3. The van der Waals surface area contributed by atoms with Gasteiger partial charge in [-0.25, -0.2) is 4.79 Å². The Kier molecular flexibility index (Phi) is 3.96. The smallest absolute Gasteiger partial charge is 0.331 e. The number of benzene rings is 1. The number of fused-ring (bicyclic) bond motifs is 2. The highest BCUT2D eigenvalue weighted by Crippen LogP contribution is 2.30. The lowest BCUT2D eigenvalue weighted by Crippen LogP contribution is -2.54. The summed E-state index contributed by atoms with van der Waals surface area (Å²) >= 11 is 3.47. The van der Waals surface area contributed by atoms with Crippen molar-refractivity contribution in [2.75, 3.05) is 19.6 Å². The highest BCUT2D eigenvalue weighted by molar-refractivity contribution is 9.10. The van der Waals surface area contributed by atoms with Crippen molar-refractivity contribution in [2.45, 2.75) is 25.9 Å². The van der Waals surface area contributed by atoms with Gasteiger partial charge in [-0.05, 0) is 30.5 Å². The molecule has 1 unspecified atom stereocenters. The fourth-order valence-electron chi connectivity index (χ4n) is 3.34. The van der Waals surface area contributed by atoms with E-state index in [1.54, 1.807) is 4.90 Å². The molecule has 0 saturated heterocycles. The predicted octanol–water partition coefficient (Wildman–Crippen LogP) is 2.76. The molecule has 0 aliphatic carbocycles. The molecule has 0 radical (unpaired) electrons. The molecule has 0 spiro atoms. The first kappa shape index (κ1) is 15.5. The highest BCUT2D eigenvalue weighted by Gasteiger charge is 2.42. The molecule has 3 heterocycles. The van der Waals surface area contributed by atoms with Crippen LogP contribution in [0.1, 0.15) is 31.5 Å². The molecule has 6 nitrogen and oxygen atoms in total. The molecular weight excluding hydrogens is 370 g/mol. The normalized spacial score (nSPS) is 22.7. The van der Waals surface area contributed by atoms with E-state index in [1.807, 2.05) is 17.0 Å². The predicted molar refractivity (Wildman–Crippen MR) is 96.2 cm³/mol. The average molecular weight is 390 g/mol. The van der Waals surface area contributed by atoms with Gasteiger partial charge >= 0.3 is 6.03 Å². The minimum atomic E-state index is -0.0557. The van der Waals surface area contributed by atoms with E-state index >= 15 is 0 Å². The van der Waals surface area contributed by atoms with Crippen molar-refractivity contribution in [1.29, 1.82) is 0 Å². The molecule has 0 fully saturated rings. The van der Waals surface area contributed by atoms with E-state index in [2.05, 4.69) is 50.6 Å². The van der Waals surface area contributed by atoms with Gasteiger partial charge in [-0.2, -0.15) is 0 Å². The monoisotopic (exact) mass is 389 g/mol. The minimum absolute atomic E-state index is 0.0276. The maximum absolute atomic E-state index is 12.8. The van der Waals surface area contributed by atoms with Crippen LogP contribution in [0.4, 0.5) is 4.79 Å². The van der Waals surface area contributed by atoms with Crippen LogP contribution in [0.3, 0.4) is 0 Å². The lowest BCUT2D eigenvalue weighted by Gasteiger charge is -2.38. The van der Waals surface area contributed by atoms with Gasteiger partial charge in [0.15, 0.2) is 5.84 Å². The molecule has 3 aliphatic heterocycles. The fourth-order valence-corrected chi connectivity index (χ4v) is 3.60. The van der Waals surface area contributed by atoms with Crippen molar-refractivity contribution >= 4 is 27.8 Å². The number of aliphatic imine (C=N–C) groups is 1. The molecule has 1 aromatic rings. The van der Waals surface area contributed by atoms with Crippen LogP contribution in [0.25, 0.3) is 0 Å². The largest absolute Gasteiger partial charge is 0.356 e. The van der Waals surface area contributed by atoms with Crippen molar-refractivity contribution in [3.8, 4) is 0 Å². The molecule has 24 heavy (non-hydrogen) atoms. The number of amides is 2. The summed E-state index contributed by atoms with van der Waals surface area (Å²) in [6.45, 7) is 4.29. The molecule has 2 N–H and O–H groups in total. The van der Waals surface area contributed by atoms with Gasteiger partial charge in [0.25, 0.3) is 0 Å². The van der Waals surface area contributed by atoms with Crippen molar-refractivity contribution < 1.29 is 4.79 Å². The molecule has 7 heteroatoms. The van der Waals surface area contributed by atoms with Crippen LogP contribution in [0.2, 0.25) is 0 Å². The number of carbonyl (C=O) groups is 1. The number of amidine groups is 1. The first-order valence-electron chi connectivity index (χ1n) is 8.35. The van der Waals surface area contributed by atoms with Crippen molar-refractivity contribution in [3.63, 3.8) is 0 Å². The molecule has 0 saturated carbocycles. The second-order valence-electron chi connectivity index (χ2n) is 6.14. The molecule has 0 aromatic heterocycles. The molecule has 4 rings (SSSR count). The Morgan fingerprint density at radius 2 is 2.08 bits per heavy atom. The van der Waals surface area contributed by atoms with Gasteiger partial charge in [0.2, 0.25) is 0 Å². The van der Waals surface area contributed by atoms with Gasteiger partial charge in [0.1, 0.15) is 17.7 Å². The molecule has 126 valence electrons. The summed E-state index contributed by atoms with van der Waals surface area (Å²) in [6, 6.07) is 8.21. The summed E-state index contributed by atoms with van der Waals surface area (Å²) in [5, 5.41) is 7.00. The number of hydrogen-bond acceptors (Lipinski definition) is 4. The Morgan fingerprint density at radius 1 is 1.29 bits per heavy atom. The lowest BCUT2D eigenvalue weighted by atomic mass is 10.2. The van der Waals surface area contributed by atoms with E-state index < -0.39 is 0 Å². The Labute approximate surface area is 149 Å². The summed E-state index contributed by atoms with van der Waals surface area (Å²) in [4.78, 5) is 21.1. The van der Waals surface area contributed by atoms with Gasteiger partial charge < -0.3 is 10.6 Å². The first-order valence-corrected chi connectivity index (χ1v) is 9.15. The van der Waals surface area contributed by atoms with E-state index in [9.17, 15) is 4.79 Å². The third-order valence-corrected chi connectivity index (χ3v) is 5.00. The second kappa shape index (κ2) is 6.12. The summed E-state index contributed by atoms with van der Waals surface area (Å²) in [7, 11) is 0. The average Bonchev–Trinajstić information content (AvgIpc) is 3.04. The van der Waals surface area contributed by atoms with E-state index in [1.165, 1.54) is 0 Å². The van der Waals surface area contributed by atoms with Gasteiger partial charge in [0, 0.05) is 24.1 Å². The van der Waals surface area contributed by atoms with Crippen molar-refractivity contribution in [2.24, 2.45) is 4.99 Å². The summed E-state index contributed by atoms with van der Waals surface area (Å²) in [5.41, 5.74) is 2.06. The van der Waals surface area contributed by atoms with Crippen molar-refractivity contribution in [3.05, 3.63) is 45.8 Å². The standard InChI is InChI=1S/C17H20BrN5O/c1-2-9-22-16-13(15-19-8-3-10-23(15)17(22)24)20-14(21-16)11-4-6-12(18)7-5-11/h4-7,14,20-21H,2-3,8-10H2,1H3. The van der Waals surface area contributed by atoms with Crippen molar-refractivity contribution in [1.82, 2.24) is 20.4 Å². The van der Waals surface area contributed by atoms with Crippen LogP contribution < -0.4 is 10.6 Å². The van der Waals surface area contributed by atoms with Gasteiger partial charge in [-0.15, -0.1) is 0 Å². The van der Waals surface area contributed by atoms with Crippen LogP contribution in [-0.4, -0.2) is 41.3 Å². The summed E-state index contributed by atoms with van der Waals surface area (Å²) in [5.74, 6) is 1.63. The first-order chi connectivity index (χ1) is 11.7. The van der Waals surface area contributed by atoms with Crippen LogP contribution in [0, 0.1) is 0 Å². The summed E-state index contributed by atoms with van der Waals surface area (Å²) in [6.07, 6.45) is 1.77. The number of hydrogen-bond donors (Lipinski definition) is 2. The molecular formula is C17H20BrN5O. The van der Waals surface area contributed by atoms with E-state index in [-0.39, 0.29) is 12.2 Å². The number of nitrogens with one attached hydrogen (secondary N) is 2. The van der Waals surface area contributed by atoms with Crippen LogP contribution >= 0.6 is 15.9 Å². The SMILES string of the molecule is CCCN1C(=O)N2CCCN=C2C2=C1NC(c1ccc(Br)cc1)N2. The summed E-state index contributed by atoms with van der Waals surface area (Å²) < 4.78 is 1.05. The quantitative estimate of drug-likeness (QED) is 0.835. The fraction of sp³-hybridized carbons (Fsp3) is 0.412. The topological polar surface area (TPSA) is 60.0 Å². The van der Waals surface area contributed by atoms with E-state index in [0.717, 1.165) is 53.3 Å². The Bertz CT molecular complexity index is 727. The van der Waals surface area contributed by atoms with E-state index in [0.29, 0.717) is 6.54 Å². The maximum atomic E-state index is 12.8. The molecule has 2 amide bonds.